The van der Waals surface area contributed by atoms with Crippen LogP contribution in [0.1, 0.15) is 41.6 Å². The molecule has 3 heteroatoms. The van der Waals surface area contributed by atoms with Crippen LogP contribution in [-0.2, 0) is 0 Å². The van der Waals surface area contributed by atoms with Crippen molar-refractivity contribution in [3.05, 3.63) is 29.3 Å². The Morgan fingerprint density at radius 1 is 1.39 bits per heavy atom. The third-order valence-corrected chi connectivity index (χ3v) is 3.82. The second-order valence-corrected chi connectivity index (χ2v) is 5.31. The zero-order valence-corrected chi connectivity index (χ0v) is 11.1. The molecule has 98 valence electrons. The quantitative estimate of drug-likeness (QED) is 0.892. The molecule has 0 saturated heterocycles. The van der Waals surface area contributed by atoms with Crippen molar-refractivity contribution in [2.24, 2.45) is 5.92 Å². The molecule has 3 nitrogen and oxygen atoms in total. The molecule has 1 aromatic rings. The van der Waals surface area contributed by atoms with Gasteiger partial charge in [-0.2, -0.15) is 0 Å². The molecule has 1 aliphatic rings. The van der Waals surface area contributed by atoms with E-state index in [4.69, 9.17) is 0 Å². The van der Waals surface area contributed by atoms with Gasteiger partial charge in [0.2, 0.25) is 0 Å². The van der Waals surface area contributed by atoms with Gasteiger partial charge in [-0.25, -0.2) is 0 Å². The van der Waals surface area contributed by atoms with Crippen molar-refractivity contribution in [3.63, 3.8) is 0 Å². The molecule has 0 spiro atoms. The zero-order valence-electron chi connectivity index (χ0n) is 11.1. The Balaban J connectivity index is 2.07. The SMILES string of the molecule is Cc1cccc(C(=O)N(C)CC2CCCC2)c1O. The van der Waals surface area contributed by atoms with E-state index in [1.807, 2.05) is 26.1 Å². The molecule has 1 N–H and O–H groups in total. The summed E-state index contributed by atoms with van der Waals surface area (Å²) in [5, 5.41) is 9.93. The fraction of sp³-hybridized carbons (Fsp3) is 0.533. The molecule has 0 atom stereocenters. The largest absolute Gasteiger partial charge is 0.507 e. The third-order valence-electron chi connectivity index (χ3n) is 3.82. The Kier molecular flexibility index (Phi) is 3.90. The molecule has 0 aliphatic heterocycles. The number of amides is 1. The number of benzene rings is 1. The molecule has 1 aromatic carbocycles. The number of rotatable bonds is 3. The Morgan fingerprint density at radius 3 is 2.72 bits per heavy atom. The van der Waals surface area contributed by atoms with Gasteiger partial charge in [0, 0.05) is 13.6 Å². The van der Waals surface area contributed by atoms with Gasteiger partial charge in [0.1, 0.15) is 5.75 Å². The maximum absolute atomic E-state index is 12.3. The molecule has 1 amide bonds. The summed E-state index contributed by atoms with van der Waals surface area (Å²) >= 11 is 0. The number of carbonyl (C=O) groups is 1. The lowest BCUT2D eigenvalue weighted by Gasteiger charge is -2.21. The fourth-order valence-corrected chi connectivity index (χ4v) is 2.70. The zero-order chi connectivity index (χ0) is 13.1. The number of phenols is 1. The first-order chi connectivity index (χ1) is 8.59. The maximum Gasteiger partial charge on any atom is 0.257 e. The predicted molar refractivity (Wildman–Crippen MR) is 71.8 cm³/mol. The van der Waals surface area contributed by atoms with E-state index in [9.17, 15) is 9.90 Å². The number of para-hydroxylation sites is 1. The van der Waals surface area contributed by atoms with E-state index in [1.165, 1.54) is 25.7 Å². The molecule has 18 heavy (non-hydrogen) atoms. The normalized spacial score (nSPS) is 15.9. The van der Waals surface area contributed by atoms with Gasteiger partial charge in [-0.15, -0.1) is 0 Å². The second-order valence-electron chi connectivity index (χ2n) is 5.31. The number of nitrogens with zero attached hydrogens (tertiary/aromatic N) is 1. The molecule has 0 aromatic heterocycles. The Hall–Kier alpha value is -1.51. The van der Waals surface area contributed by atoms with Gasteiger partial charge < -0.3 is 10.0 Å². The number of hydrogen-bond acceptors (Lipinski definition) is 2. The summed E-state index contributed by atoms with van der Waals surface area (Å²) in [6, 6.07) is 5.31. The second kappa shape index (κ2) is 5.42. The van der Waals surface area contributed by atoms with E-state index >= 15 is 0 Å². The van der Waals surface area contributed by atoms with Crippen molar-refractivity contribution in [2.45, 2.75) is 32.6 Å². The van der Waals surface area contributed by atoms with Gasteiger partial charge in [-0.1, -0.05) is 25.0 Å². The first kappa shape index (κ1) is 12.9. The van der Waals surface area contributed by atoms with Crippen molar-refractivity contribution in [3.8, 4) is 5.75 Å². The maximum atomic E-state index is 12.3. The van der Waals surface area contributed by atoms with Gasteiger partial charge in [0.15, 0.2) is 0 Å². The standard InChI is InChI=1S/C15H21NO2/c1-11-6-5-9-13(14(11)17)15(18)16(2)10-12-7-3-4-8-12/h5-6,9,12,17H,3-4,7-8,10H2,1-2H3. The van der Waals surface area contributed by atoms with Crippen LogP contribution in [0.3, 0.4) is 0 Å². The summed E-state index contributed by atoms with van der Waals surface area (Å²) in [5.74, 6) is 0.662. The van der Waals surface area contributed by atoms with Gasteiger partial charge in [0.25, 0.3) is 5.91 Å². The molecule has 0 bridgehead atoms. The van der Waals surface area contributed by atoms with Gasteiger partial charge >= 0.3 is 0 Å². The topological polar surface area (TPSA) is 40.5 Å². The molecule has 1 aliphatic carbocycles. The molecular weight excluding hydrogens is 226 g/mol. The summed E-state index contributed by atoms with van der Waals surface area (Å²) in [5.41, 5.74) is 1.16. The number of aryl methyl sites for hydroxylation is 1. The van der Waals surface area contributed by atoms with Crippen molar-refractivity contribution in [2.75, 3.05) is 13.6 Å². The third kappa shape index (κ3) is 2.66. The lowest BCUT2D eigenvalue weighted by Crippen LogP contribution is -2.31. The van der Waals surface area contributed by atoms with Crippen LogP contribution >= 0.6 is 0 Å². The number of carbonyl (C=O) groups excluding carboxylic acids is 1. The molecular formula is C15H21NO2. The Labute approximate surface area is 108 Å². The van der Waals surface area contributed by atoms with Crippen molar-refractivity contribution in [1.82, 2.24) is 4.90 Å². The lowest BCUT2D eigenvalue weighted by molar-refractivity contribution is 0.0770. The monoisotopic (exact) mass is 247 g/mol. The van der Waals surface area contributed by atoms with E-state index in [0.29, 0.717) is 11.5 Å². The van der Waals surface area contributed by atoms with Crippen LogP contribution in [0, 0.1) is 12.8 Å². The van der Waals surface area contributed by atoms with Crippen molar-refractivity contribution >= 4 is 5.91 Å². The summed E-state index contributed by atoms with van der Waals surface area (Å²) in [7, 11) is 1.82. The summed E-state index contributed by atoms with van der Waals surface area (Å²) < 4.78 is 0. The minimum absolute atomic E-state index is 0.0805. The molecule has 0 unspecified atom stereocenters. The average Bonchev–Trinajstić information content (AvgIpc) is 2.84. The highest BCUT2D eigenvalue weighted by Crippen LogP contribution is 2.27. The van der Waals surface area contributed by atoms with Crippen LogP contribution < -0.4 is 0 Å². The minimum atomic E-state index is -0.0805. The number of phenolic OH excluding ortho intramolecular Hbond substituents is 1. The Bertz CT molecular complexity index is 436. The van der Waals surface area contributed by atoms with Crippen LogP contribution in [0.15, 0.2) is 18.2 Å². The molecule has 1 fully saturated rings. The Morgan fingerprint density at radius 2 is 2.06 bits per heavy atom. The molecule has 0 radical (unpaired) electrons. The molecule has 2 rings (SSSR count). The van der Waals surface area contributed by atoms with Crippen LogP contribution in [0.25, 0.3) is 0 Å². The number of aromatic hydroxyl groups is 1. The van der Waals surface area contributed by atoms with Gasteiger partial charge in [-0.05, 0) is 37.3 Å². The first-order valence-electron chi connectivity index (χ1n) is 6.63. The predicted octanol–water partition coefficient (Wildman–Crippen LogP) is 2.96. The van der Waals surface area contributed by atoms with Crippen LogP contribution in [0.5, 0.6) is 5.75 Å². The van der Waals surface area contributed by atoms with Crippen molar-refractivity contribution in [1.29, 1.82) is 0 Å². The van der Waals surface area contributed by atoms with E-state index in [-0.39, 0.29) is 11.7 Å². The highest BCUT2D eigenvalue weighted by atomic mass is 16.3. The summed E-state index contributed by atoms with van der Waals surface area (Å²) in [6.45, 7) is 2.61. The highest BCUT2D eigenvalue weighted by Gasteiger charge is 2.22. The summed E-state index contributed by atoms with van der Waals surface area (Å²) in [4.78, 5) is 14.0. The van der Waals surface area contributed by atoms with E-state index in [2.05, 4.69) is 0 Å². The summed E-state index contributed by atoms with van der Waals surface area (Å²) in [6.07, 6.45) is 5.00. The fourth-order valence-electron chi connectivity index (χ4n) is 2.70. The average molecular weight is 247 g/mol. The number of hydrogen-bond donors (Lipinski definition) is 1. The van der Waals surface area contributed by atoms with Gasteiger partial charge in [0.05, 0.1) is 5.56 Å². The first-order valence-corrected chi connectivity index (χ1v) is 6.63. The van der Waals surface area contributed by atoms with Crippen LogP contribution in [0.2, 0.25) is 0 Å². The van der Waals surface area contributed by atoms with Crippen LogP contribution in [-0.4, -0.2) is 29.5 Å². The van der Waals surface area contributed by atoms with Crippen molar-refractivity contribution < 1.29 is 9.90 Å². The smallest absolute Gasteiger partial charge is 0.257 e. The lowest BCUT2D eigenvalue weighted by atomic mass is 10.1. The highest BCUT2D eigenvalue weighted by molar-refractivity contribution is 5.97. The van der Waals surface area contributed by atoms with E-state index < -0.39 is 0 Å². The molecule has 0 heterocycles. The van der Waals surface area contributed by atoms with Gasteiger partial charge in [-0.3, -0.25) is 4.79 Å². The van der Waals surface area contributed by atoms with Crippen LogP contribution in [0.4, 0.5) is 0 Å². The molecule has 1 saturated carbocycles. The van der Waals surface area contributed by atoms with E-state index in [1.54, 1.807) is 11.0 Å². The minimum Gasteiger partial charge on any atom is -0.507 e. The van der Waals surface area contributed by atoms with E-state index in [0.717, 1.165) is 12.1 Å².